The number of carbonyl (C=O) groups is 2. The molecule has 4 rings (SSSR count). The fraction of sp³-hybridized carbons (Fsp3) is 0.250. The van der Waals surface area contributed by atoms with Crippen LogP contribution in [0.5, 0.6) is 0 Å². The number of piperazine rings is 1. The number of carbonyl (C=O) groups excluding carboxylic acids is 2. The van der Waals surface area contributed by atoms with Crippen LogP contribution in [0.2, 0.25) is 0 Å². The Hall–Kier alpha value is -2.87. The summed E-state index contributed by atoms with van der Waals surface area (Å²) in [6, 6.07) is 10.9. The van der Waals surface area contributed by atoms with Gasteiger partial charge in [-0.25, -0.2) is 0 Å². The third-order valence-corrected chi connectivity index (χ3v) is 5.14. The van der Waals surface area contributed by atoms with Gasteiger partial charge in [0.15, 0.2) is 5.76 Å². The number of rotatable bonds is 4. The first-order valence-corrected chi connectivity index (χ1v) is 9.78. The third-order valence-electron chi connectivity index (χ3n) is 4.73. The molecule has 0 saturated carbocycles. The maximum Gasteiger partial charge on any atom is 0.289 e. The van der Waals surface area contributed by atoms with Crippen molar-refractivity contribution in [3.05, 3.63) is 76.4 Å². The SMILES string of the molecule is O=C(c1ccc(Cn2cc(Br)cn2)cc1)N1CCN(C(=O)c2ccco2)CC1. The van der Waals surface area contributed by atoms with Gasteiger partial charge in [-0.05, 0) is 45.8 Å². The standard InChI is InChI=1S/C20H19BrN4O3/c21-17-12-22-25(14-17)13-15-3-5-16(6-4-15)19(26)23-7-9-24(10-8-23)20(27)18-2-1-11-28-18/h1-6,11-12,14H,7-10,13H2. The van der Waals surface area contributed by atoms with E-state index in [9.17, 15) is 9.59 Å². The van der Waals surface area contributed by atoms with Crippen molar-refractivity contribution in [3.8, 4) is 0 Å². The van der Waals surface area contributed by atoms with Gasteiger partial charge in [-0.3, -0.25) is 14.3 Å². The Morgan fingerprint density at radius 1 is 1.00 bits per heavy atom. The van der Waals surface area contributed by atoms with Gasteiger partial charge in [0.05, 0.1) is 23.5 Å². The Kier molecular flexibility index (Phi) is 5.29. The summed E-state index contributed by atoms with van der Waals surface area (Å²) >= 11 is 3.38. The van der Waals surface area contributed by atoms with Crippen LogP contribution in [0.15, 0.2) is 63.9 Å². The van der Waals surface area contributed by atoms with Gasteiger partial charge in [0.1, 0.15) is 0 Å². The molecule has 1 fully saturated rings. The van der Waals surface area contributed by atoms with Crippen LogP contribution in [0.1, 0.15) is 26.5 Å². The summed E-state index contributed by atoms with van der Waals surface area (Å²) in [6.45, 7) is 2.66. The second-order valence-electron chi connectivity index (χ2n) is 6.61. The highest BCUT2D eigenvalue weighted by Gasteiger charge is 2.26. The van der Waals surface area contributed by atoms with E-state index < -0.39 is 0 Å². The molecule has 2 amide bonds. The van der Waals surface area contributed by atoms with Crippen LogP contribution < -0.4 is 0 Å². The van der Waals surface area contributed by atoms with E-state index in [1.54, 1.807) is 28.1 Å². The van der Waals surface area contributed by atoms with Gasteiger partial charge < -0.3 is 14.2 Å². The Labute approximate surface area is 170 Å². The summed E-state index contributed by atoms with van der Waals surface area (Å²) in [5.74, 6) is 0.185. The minimum Gasteiger partial charge on any atom is -0.459 e. The molecule has 3 heterocycles. The zero-order valence-corrected chi connectivity index (χ0v) is 16.7. The second-order valence-corrected chi connectivity index (χ2v) is 7.53. The molecule has 0 unspecified atom stereocenters. The molecule has 1 aromatic carbocycles. The van der Waals surface area contributed by atoms with Gasteiger partial charge >= 0.3 is 0 Å². The first-order valence-electron chi connectivity index (χ1n) is 8.99. The number of benzene rings is 1. The average molecular weight is 443 g/mol. The molecule has 1 aliphatic rings. The number of aromatic nitrogens is 2. The van der Waals surface area contributed by atoms with Crippen LogP contribution in [0, 0.1) is 0 Å². The summed E-state index contributed by atoms with van der Waals surface area (Å²) in [5, 5.41) is 4.24. The fourth-order valence-electron chi connectivity index (χ4n) is 3.22. The van der Waals surface area contributed by atoms with Crippen molar-refractivity contribution in [3.63, 3.8) is 0 Å². The van der Waals surface area contributed by atoms with Gasteiger partial charge in [0.25, 0.3) is 11.8 Å². The normalized spacial score (nSPS) is 14.3. The second kappa shape index (κ2) is 8.02. The largest absolute Gasteiger partial charge is 0.459 e. The molecule has 144 valence electrons. The summed E-state index contributed by atoms with van der Waals surface area (Å²) in [5.41, 5.74) is 1.72. The molecule has 0 spiro atoms. The molecular formula is C20H19BrN4O3. The Morgan fingerprint density at radius 3 is 2.25 bits per heavy atom. The molecule has 7 nitrogen and oxygen atoms in total. The summed E-state index contributed by atoms with van der Waals surface area (Å²) in [6.07, 6.45) is 5.14. The number of furan rings is 1. The molecule has 28 heavy (non-hydrogen) atoms. The van der Waals surface area contributed by atoms with E-state index in [0.717, 1.165) is 10.0 Å². The van der Waals surface area contributed by atoms with Crippen LogP contribution in [0.4, 0.5) is 0 Å². The number of hydrogen-bond acceptors (Lipinski definition) is 4. The van der Waals surface area contributed by atoms with Gasteiger partial charge in [0, 0.05) is 37.9 Å². The van der Waals surface area contributed by atoms with Crippen molar-refractivity contribution in [1.29, 1.82) is 0 Å². The Balaban J connectivity index is 1.34. The predicted molar refractivity (Wildman–Crippen MR) is 106 cm³/mol. The van der Waals surface area contributed by atoms with E-state index >= 15 is 0 Å². The van der Waals surface area contributed by atoms with Gasteiger partial charge in [-0.15, -0.1) is 0 Å². The molecule has 1 aliphatic heterocycles. The molecule has 8 heteroatoms. The van der Waals surface area contributed by atoms with Gasteiger partial charge in [-0.1, -0.05) is 12.1 Å². The number of hydrogen-bond donors (Lipinski definition) is 0. The molecule has 3 aromatic rings. The lowest BCUT2D eigenvalue weighted by Gasteiger charge is -2.34. The van der Waals surface area contributed by atoms with E-state index in [-0.39, 0.29) is 11.8 Å². The highest BCUT2D eigenvalue weighted by Crippen LogP contribution is 2.14. The predicted octanol–water partition coefficient (Wildman–Crippen LogP) is 2.89. The first kappa shape index (κ1) is 18.5. The summed E-state index contributed by atoms with van der Waals surface area (Å²) < 4.78 is 7.93. The molecule has 0 aliphatic carbocycles. The highest BCUT2D eigenvalue weighted by molar-refractivity contribution is 9.10. The molecular weight excluding hydrogens is 424 g/mol. The van der Waals surface area contributed by atoms with Gasteiger partial charge in [0.2, 0.25) is 0 Å². The summed E-state index contributed by atoms with van der Waals surface area (Å²) in [4.78, 5) is 28.6. The molecule has 2 aromatic heterocycles. The lowest BCUT2D eigenvalue weighted by Crippen LogP contribution is -2.50. The van der Waals surface area contributed by atoms with Crippen molar-refractivity contribution in [2.24, 2.45) is 0 Å². The van der Waals surface area contributed by atoms with Crippen LogP contribution in [0.3, 0.4) is 0 Å². The summed E-state index contributed by atoms with van der Waals surface area (Å²) in [7, 11) is 0. The average Bonchev–Trinajstić information content (AvgIpc) is 3.40. The third kappa shape index (κ3) is 4.01. The fourth-order valence-corrected chi connectivity index (χ4v) is 3.54. The monoisotopic (exact) mass is 442 g/mol. The molecule has 0 bridgehead atoms. The van der Waals surface area contributed by atoms with Crippen LogP contribution in [0.25, 0.3) is 0 Å². The van der Waals surface area contributed by atoms with Crippen molar-refractivity contribution in [2.45, 2.75) is 6.54 Å². The minimum atomic E-state index is -0.133. The van der Waals surface area contributed by atoms with Crippen molar-refractivity contribution in [1.82, 2.24) is 19.6 Å². The first-order chi connectivity index (χ1) is 13.6. The zero-order chi connectivity index (χ0) is 19.5. The number of halogens is 1. The van der Waals surface area contributed by atoms with Crippen LogP contribution >= 0.6 is 15.9 Å². The number of amides is 2. The van der Waals surface area contributed by atoms with Crippen molar-refractivity contribution >= 4 is 27.7 Å². The molecule has 1 saturated heterocycles. The van der Waals surface area contributed by atoms with Crippen LogP contribution in [-0.4, -0.2) is 57.6 Å². The van der Waals surface area contributed by atoms with E-state index in [1.807, 2.05) is 35.1 Å². The van der Waals surface area contributed by atoms with Crippen molar-refractivity contribution < 1.29 is 14.0 Å². The molecule has 0 N–H and O–H groups in total. The maximum absolute atomic E-state index is 12.8. The topological polar surface area (TPSA) is 71.6 Å². The van der Waals surface area contributed by atoms with E-state index in [1.165, 1.54) is 6.26 Å². The van der Waals surface area contributed by atoms with E-state index in [2.05, 4.69) is 21.0 Å². The molecule has 0 radical (unpaired) electrons. The van der Waals surface area contributed by atoms with Crippen LogP contribution in [-0.2, 0) is 6.54 Å². The molecule has 0 atom stereocenters. The number of nitrogens with zero attached hydrogens (tertiary/aromatic N) is 4. The quantitative estimate of drug-likeness (QED) is 0.622. The Morgan fingerprint density at radius 2 is 1.68 bits per heavy atom. The van der Waals surface area contributed by atoms with E-state index in [4.69, 9.17) is 4.42 Å². The van der Waals surface area contributed by atoms with Crippen molar-refractivity contribution in [2.75, 3.05) is 26.2 Å². The lowest BCUT2D eigenvalue weighted by atomic mass is 10.1. The van der Waals surface area contributed by atoms with Gasteiger partial charge in [-0.2, -0.15) is 5.10 Å². The zero-order valence-electron chi connectivity index (χ0n) is 15.1. The smallest absolute Gasteiger partial charge is 0.289 e. The van der Waals surface area contributed by atoms with E-state index in [0.29, 0.717) is 44.0 Å². The highest BCUT2D eigenvalue weighted by atomic mass is 79.9. The minimum absolute atomic E-state index is 0.0153. The Bertz CT molecular complexity index is 958. The maximum atomic E-state index is 12.8. The lowest BCUT2D eigenvalue weighted by molar-refractivity contribution is 0.0518.